The lowest BCUT2D eigenvalue weighted by molar-refractivity contribution is 0.139. The molecule has 6 nitrogen and oxygen atoms in total. The van der Waals surface area contributed by atoms with E-state index in [4.69, 9.17) is 10.9 Å². The Kier molecular flexibility index (Phi) is 4.29. The van der Waals surface area contributed by atoms with Crippen LogP contribution in [-0.4, -0.2) is 58.6 Å². The topological polar surface area (TPSA) is 78.0 Å². The molecule has 0 bridgehead atoms. The number of rotatable bonds is 4. The summed E-state index contributed by atoms with van der Waals surface area (Å²) in [5.74, 6) is 0.276. The van der Waals surface area contributed by atoms with Gasteiger partial charge in [-0.05, 0) is 0 Å². The number of oxime groups is 1. The number of piperazine rings is 1. The molecule has 0 unspecified atom stereocenters. The van der Waals surface area contributed by atoms with Crippen LogP contribution < -0.4 is 5.73 Å². The van der Waals surface area contributed by atoms with E-state index >= 15 is 0 Å². The largest absolute Gasteiger partial charge is 0.409 e. The van der Waals surface area contributed by atoms with Crippen LogP contribution in [-0.2, 0) is 6.54 Å². The first kappa shape index (κ1) is 12.3. The molecule has 0 saturated carbocycles. The number of aromatic nitrogens is 1. The number of thiazole rings is 1. The molecule has 2 heterocycles. The summed E-state index contributed by atoms with van der Waals surface area (Å²) in [4.78, 5) is 8.85. The summed E-state index contributed by atoms with van der Waals surface area (Å²) in [6.07, 6.45) is 1.84. The predicted molar refractivity (Wildman–Crippen MR) is 67.2 cm³/mol. The number of nitrogens with zero attached hydrogens (tertiary/aromatic N) is 4. The minimum absolute atomic E-state index is 0.276. The molecule has 94 valence electrons. The highest BCUT2D eigenvalue weighted by Crippen LogP contribution is 2.10. The van der Waals surface area contributed by atoms with E-state index in [1.165, 1.54) is 0 Å². The summed E-state index contributed by atoms with van der Waals surface area (Å²) in [5.41, 5.74) is 5.48. The van der Waals surface area contributed by atoms with Gasteiger partial charge in [0.1, 0.15) is 5.01 Å². The fourth-order valence-corrected chi connectivity index (χ4v) is 2.55. The summed E-state index contributed by atoms with van der Waals surface area (Å²) in [6.45, 7) is 5.36. The highest BCUT2D eigenvalue weighted by atomic mass is 32.1. The fourth-order valence-electron chi connectivity index (χ4n) is 1.89. The number of hydrogen-bond acceptors (Lipinski definition) is 6. The Bertz CT molecular complexity index is 359. The average molecular weight is 255 g/mol. The molecule has 0 aliphatic carbocycles. The van der Waals surface area contributed by atoms with E-state index in [-0.39, 0.29) is 5.84 Å². The normalized spacial score (nSPS) is 19.6. The van der Waals surface area contributed by atoms with Crippen molar-refractivity contribution < 1.29 is 5.21 Å². The smallest absolute Gasteiger partial charge is 0.153 e. The van der Waals surface area contributed by atoms with E-state index in [1.54, 1.807) is 11.3 Å². The third kappa shape index (κ3) is 3.65. The van der Waals surface area contributed by atoms with E-state index in [0.29, 0.717) is 6.54 Å². The molecule has 3 N–H and O–H groups in total. The van der Waals surface area contributed by atoms with Gasteiger partial charge < -0.3 is 10.9 Å². The van der Waals surface area contributed by atoms with Crippen LogP contribution in [0, 0.1) is 0 Å². The van der Waals surface area contributed by atoms with Crippen molar-refractivity contribution in [1.29, 1.82) is 0 Å². The molecule has 1 aromatic rings. The van der Waals surface area contributed by atoms with Gasteiger partial charge in [0.15, 0.2) is 5.84 Å². The first-order valence-electron chi connectivity index (χ1n) is 5.57. The van der Waals surface area contributed by atoms with Gasteiger partial charge in [0.25, 0.3) is 0 Å². The van der Waals surface area contributed by atoms with Gasteiger partial charge >= 0.3 is 0 Å². The highest BCUT2D eigenvalue weighted by Gasteiger charge is 2.18. The molecule has 0 radical (unpaired) electrons. The predicted octanol–water partition coefficient (Wildman–Crippen LogP) is 0.00710. The standard InChI is InChI=1S/C10H17N5OS/c11-9(13-16)7-14-2-4-15(5-3-14)8-10-12-1-6-17-10/h1,6,16H,2-5,7-8H2,(H2,11,13). The summed E-state index contributed by atoms with van der Waals surface area (Å²) in [6, 6.07) is 0. The van der Waals surface area contributed by atoms with Crippen LogP contribution in [0.3, 0.4) is 0 Å². The maximum Gasteiger partial charge on any atom is 0.153 e. The first-order chi connectivity index (χ1) is 8.28. The lowest BCUT2D eigenvalue weighted by atomic mass is 10.3. The molecule has 0 spiro atoms. The summed E-state index contributed by atoms with van der Waals surface area (Å²) in [5, 5.41) is 14.7. The van der Waals surface area contributed by atoms with Crippen LogP contribution in [0.2, 0.25) is 0 Å². The zero-order valence-corrected chi connectivity index (χ0v) is 10.4. The Morgan fingerprint density at radius 2 is 2.12 bits per heavy atom. The first-order valence-corrected chi connectivity index (χ1v) is 6.45. The van der Waals surface area contributed by atoms with Crippen molar-refractivity contribution in [2.75, 3.05) is 32.7 Å². The van der Waals surface area contributed by atoms with Gasteiger partial charge in [-0.2, -0.15) is 0 Å². The molecule has 2 rings (SSSR count). The van der Waals surface area contributed by atoms with Crippen molar-refractivity contribution in [3.8, 4) is 0 Å². The van der Waals surface area contributed by atoms with E-state index in [9.17, 15) is 0 Å². The Morgan fingerprint density at radius 1 is 1.41 bits per heavy atom. The number of amidine groups is 1. The Labute approximate surface area is 104 Å². The summed E-state index contributed by atoms with van der Waals surface area (Å²) in [7, 11) is 0. The zero-order chi connectivity index (χ0) is 12.1. The maximum atomic E-state index is 8.51. The van der Waals surface area contributed by atoms with Gasteiger partial charge in [-0.1, -0.05) is 5.16 Å². The van der Waals surface area contributed by atoms with Gasteiger partial charge in [-0.25, -0.2) is 4.98 Å². The second kappa shape index (κ2) is 5.95. The highest BCUT2D eigenvalue weighted by molar-refractivity contribution is 7.09. The molecule has 1 saturated heterocycles. The van der Waals surface area contributed by atoms with Crippen molar-refractivity contribution in [2.24, 2.45) is 10.9 Å². The quantitative estimate of drug-likeness (QED) is 0.343. The fraction of sp³-hybridized carbons (Fsp3) is 0.600. The molecule has 1 aliphatic heterocycles. The monoisotopic (exact) mass is 255 g/mol. The van der Waals surface area contributed by atoms with Crippen molar-refractivity contribution >= 4 is 17.2 Å². The van der Waals surface area contributed by atoms with Gasteiger partial charge in [-0.15, -0.1) is 11.3 Å². The maximum absolute atomic E-state index is 8.51. The molecular weight excluding hydrogens is 238 g/mol. The Balaban J connectivity index is 1.74. The van der Waals surface area contributed by atoms with Gasteiger partial charge in [-0.3, -0.25) is 9.80 Å². The molecule has 17 heavy (non-hydrogen) atoms. The van der Waals surface area contributed by atoms with E-state index in [1.807, 2.05) is 11.6 Å². The SMILES string of the molecule is NC(CN1CCN(Cc2nccs2)CC1)=NO. The molecule has 0 amide bonds. The van der Waals surface area contributed by atoms with Gasteiger partial charge in [0.05, 0.1) is 13.1 Å². The van der Waals surface area contributed by atoms with Crippen LogP contribution in [0.1, 0.15) is 5.01 Å². The van der Waals surface area contributed by atoms with Gasteiger partial charge in [0, 0.05) is 37.8 Å². The molecule has 1 aliphatic rings. The number of hydrogen-bond donors (Lipinski definition) is 2. The number of nitrogens with two attached hydrogens (primary N) is 1. The van der Waals surface area contributed by atoms with Crippen molar-refractivity contribution in [2.45, 2.75) is 6.54 Å². The molecule has 1 aromatic heterocycles. The third-order valence-electron chi connectivity index (χ3n) is 2.82. The molecule has 7 heteroatoms. The third-order valence-corrected chi connectivity index (χ3v) is 3.59. The van der Waals surface area contributed by atoms with Crippen LogP contribution in [0.4, 0.5) is 0 Å². The lowest BCUT2D eigenvalue weighted by Crippen LogP contribution is -2.48. The Morgan fingerprint density at radius 3 is 2.71 bits per heavy atom. The van der Waals surface area contributed by atoms with Crippen LogP contribution >= 0.6 is 11.3 Å². The Hall–Kier alpha value is -1.18. The van der Waals surface area contributed by atoms with Gasteiger partial charge in [0.2, 0.25) is 0 Å². The van der Waals surface area contributed by atoms with Crippen LogP contribution in [0.25, 0.3) is 0 Å². The second-order valence-electron chi connectivity index (χ2n) is 4.07. The van der Waals surface area contributed by atoms with Crippen molar-refractivity contribution in [3.05, 3.63) is 16.6 Å². The summed E-state index contributed by atoms with van der Waals surface area (Å²) < 4.78 is 0. The zero-order valence-electron chi connectivity index (χ0n) is 9.62. The minimum atomic E-state index is 0.276. The lowest BCUT2D eigenvalue weighted by Gasteiger charge is -2.33. The van der Waals surface area contributed by atoms with E-state index in [0.717, 1.165) is 37.7 Å². The second-order valence-corrected chi connectivity index (χ2v) is 5.05. The van der Waals surface area contributed by atoms with Crippen LogP contribution in [0.15, 0.2) is 16.7 Å². The van der Waals surface area contributed by atoms with Crippen LogP contribution in [0.5, 0.6) is 0 Å². The van der Waals surface area contributed by atoms with E-state index in [2.05, 4.69) is 19.9 Å². The summed E-state index contributed by atoms with van der Waals surface area (Å²) >= 11 is 1.69. The minimum Gasteiger partial charge on any atom is -0.409 e. The average Bonchev–Trinajstić information content (AvgIpc) is 2.84. The van der Waals surface area contributed by atoms with Crippen molar-refractivity contribution in [3.63, 3.8) is 0 Å². The van der Waals surface area contributed by atoms with E-state index < -0.39 is 0 Å². The molecule has 0 aromatic carbocycles. The molecule has 1 fully saturated rings. The molecular formula is C10H17N5OS. The molecule has 0 atom stereocenters. The van der Waals surface area contributed by atoms with Crippen molar-refractivity contribution in [1.82, 2.24) is 14.8 Å².